The molecule has 0 aliphatic carbocycles. The molecule has 1 N–H and O–H groups in total. The predicted molar refractivity (Wildman–Crippen MR) is 153 cm³/mol. The van der Waals surface area contributed by atoms with E-state index in [4.69, 9.17) is 9.97 Å². The minimum absolute atomic E-state index is 0.724. The fourth-order valence-electron chi connectivity index (χ4n) is 4.96. The molecule has 0 bridgehead atoms. The summed E-state index contributed by atoms with van der Waals surface area (Å²) < 4.78 is 0. The second-order valence-electron chi connectivity index (χ2n) is 9.21. The second-order valence-corrected chi connectivity index (χ2v) is 9.21. The molecule has 3 nitrogen and oxygen atoms in total. The first-order valence-corrected chi connectivity index (χ1v) is 12.4. The molecule has 37 heavy (non-hydrogen) atoms. The lowest BCUT2D eigenvalue weighted by Crippen LogP contribution is -1.96. The summed E-state index contributed by atoms with van der Waals surface area (Å²) in [6.45, 7) is 0. The maximum atomic E-state index is 5.00. The number of hydrogen-bond donors (Lipinski definition) is 1. The number of hydrogen-bond acceptors (Lipinski definition) is 2. The molecular formula is C34H23N3. The quantitative estimate of drug-likeness (QED) is 0.277. The number of nitrogens with zero attached hydrogens (tertiary/aromatic N) is 2. The van der Waals surface area contributed by atoms with Crippen LogP contribution in [0.25, 0.3) is 66.8 Å². The Balaban J connectivity index is 1.35. The third kappa shape index (κ3) is 3.97. The molecule has 0 saturated heterocycles. The summed E-state index contributed by atoms with van der Waals surface area (Å²) in [4.78, 5) is 13.5. The van der Waals surface area contributed by atoms with E-state index in [2.05, 4.69) is 102 Å². The normalized spacial score (nSPS) is 11.2. The molecule has 0 unspecified atom stereocenters. The van der Waals surface area contributed by atoms with Crippen LogP contribution in [0.4, 0.5) is 0 Å². The van der Waals surface area contributed by atoms with Crippen molar-refractivity contribution >= 4 is 21.8 Å². The molecule has 2 heterocycles. The molecule has 0 radical (unpaired) electrons. The SMILES string of the molecule is c1ccc(-c2cc(-c3cccc(-c4ccc5c(c4)[nH]c4ccccc45)c3)nc(-c3ccccc3)n2)cc1. The molecule has 174 valence electrons. The van der Waals surface area contributed by atoms with E-state index in [1.807, 2.05) is 36.4 Å². The zero-order valence-electron chi connectivity index (χ0n) is 20.1. The molecule has 2 aromatic heterocycles. The summed E-state index contributed by atoms with van der Waals surface area (Å²) in [5, 5.41) is 2.49. The van der Waals surface area contributed by atoms with Crippen LogP contribution < -0.4 is 0 Å². The molecule has 7 rings (SSSR count). The monoisotopic (exact) mass is 473 g/mol. The van der Waals surface area contributed by atoms with Crippen molar-refractivity contribution in [3.63, 3.8) is 0 Å². The van der Waals surface area contributed by atoms with Crippen molar-refractivity contribution in [1.82, 2.24) is 15.0 Å². The first kappa shape index (κ1) is 21.3. The topological polar surface area (TPSA) is 41.6 Å². The molecule has 0 fully saturated rings. The molecule has 0 amide bonds. The van der Waals surface area contributed by atoms with Crippen LogP contribution in [0.15, 0.2) is 133 Å². The molecule has 7 aromatic rings. The molecular weight excluding hydrogens is 450 g/mol. The first-order valence-electron chi connectivity index (χ1n) is 12.4. The number of aromatic amines is 1. The Morgan fingerprint density at radius 2 is 0.973 bits per heavy atom. The van der Waals surface area contributed by atoms with E-state index >= 15 is 0 Å². The van der Waals surface area contributed by atoms with E-state index in [9.17, 15) is 0 Å². The molecule has 0 aliphatic heterocycles. The van der Waals surface area contributed by atoms with Gasteiger partial charge in [-0.05, 0) is 35.4 Å². The minimum atomic E-state index is 0.724. The van der Waals surface area contributed by atoms with Gasteiger partial charge in [0.2, 0.25) is 0 Å². The lowest BCUT2D eigenvalue weighted by molar-refractivity contribution is 1.18. The highest BCUT2D eigenvalue weighted by Crippen LogP contribution is 2.33. The number of para-hydroxylation sites is 1. The smallest absolute Gasteiger partial charge is 0.160 e. The highest BCUT2D eigenvalue weighted by atomic mass is 14.9. The maximum absolute atomic E-state index is 5.00. The van der Waals surface area contributed by atoms with Crippen molar-refractivity contribution in [2.45, 2.75) is 0 Å². The molecule has 3 heteroatoms. The molecule has 0 atom stereocenters. The van der Waals surface area contributed by atoms with Crippen LogP contribution in [-0.4, -0.2) is 15.0 Å². The van der Waals surface area contributed by atoms with Gasteiger partial charge in [0, 0.05) is 38.5 Å². The standard InChI is InChI=1S/C34H23N3/c1-3-10-23(11-4-1)31-22-32(37-34(36-31)24-12-5-2-6-13-24)27-15-9-14-25(20-27)26-18-19-29-28-16-7-8-17-30(28)35-33(29)21-26/h1-22,35H. The second kappa shape index (κ2) is 8.89. The van der Waals surface area contributed by atoms with Crippen molar-refractivity contribution in [3.05, 3.63) is 133 Å². The van der Waals surface area contributed by atoms with Crippen molar-refractivity contribution in [2.24, 2.45) is 0 Å². The fraction of sp³-hybridized carbons (Fsp3) is 0. The number of H-pyrrole nitrogens is 1. The largest absolute Gasteiger partial charge is 0.354 e. The van der Waals surface area contributed by atoms with Gasteiger partial charge in [-0.2, -0.15) is 0 Å². The highest BCUT2D eigenvalue weighted by Gasteiger charge is 2.12. The molecule has 0 aliphatic rings. The number of aromatic nitrogens is 3. The van der Waals surface area contributed by atoms with Gasteiger partial charge in [0.1, 0.15) is 0 Å². The van der Waals surface area contributed by atoms with Crippen LogP contribution in [0.1, 0.15) is 0 Å². The zero-order chi connectivity index (χ0) is 24.6. The number of nitrogens with one attached hydrogen (secondary N) is 1. The maximum Gasteiger partial charge on any atom is 0.160 e. The Kier molecular flexibility index (Phi) is 5.11. The van der Waals surface area contributed by atoms with Gasteiger partial charge in [-0.1, -0.05) is 109 Å². The zero-order valence-corrected chi connectivity index (χ0v) is 20.1. The Morgan fingerprint density at radius 3 is 1.78 bits per heavy atom. The number of benzene rings is 5. The lowest BCUT2D eigenvalue weighted by atomic mass is 9.99. The number of fused-ring (bicyclic) bond motifs is 3. The van der Waals surface area contributed by atoms with Crippen LogP contribution in [0, 0.1) is 0 Å². The van der Waals surface area contributed by atoms with Gasteiger partial charge < -0.3 is 4.98 Å². The van der Waals surface area contributed by atoms with Crippen LogP contribution in [0.3, 0.4) is 0 Å². The average molecular weight is 474 g/mol. The van der Waals surface area contributed by atoms with Gasteiger partial charge in [-0.3, -0.25) is 0 Å². The first-order chi connectivity index (χ1) is 18.3. The summed E-state index contributed by atoms with van der Waals surface area (Å²) in [6, 6.07) is 46.2. The van der Waals surface area contributed by atoms with Gasteiger partial charge in [0.05, 0.1) is 11.4 Å². The lowest BCUT2D eigenvalue weighted by Gasteiger charge is -2.10. The Morgan fingerprint density at radius 1 is 0.378 bits per heavy atom. The van der Waals surface area contributed by atoms with Gasteiger partial charge in [0.15, 0.2) is 5.82 Å². The average Bonchev–Trinajstić information content (AvgIpc) is 3.36. The molecule has 0 saturated carbocycles. The Bertz CT molecular complexity index is 1810. The van der Waals surface area contributed by atoms with Crippen LogP contribution >= 0.6 is 0 Å². The van der Waals surface area contributed by atoms with E-state index in [-0.39, 0.29) is 0 Å². The van der Waals surface area contributed by atoms with E-state index in [1.54, 1.807) is 0 Å². The third-order valence-corrected chi connectivity index (χ3v) is 6.83. The summed E-state index contributed by atoms with van der Waals surface area (Å²) in [6.07, 6.45) is 0. The predicted octanol–water partition coefficient (Wildman–Crippen LogP) is 8.78. The van der Waals surface area contributed by atoms with Crippen LogP contribution in [0.5, 0.6) is 0 Å². The van der Waals surface area contributed by atoms with Crippen LogP contribution in [0.2, 0.25) is 0 Å². The fourth-order valence-corrected chi connectivity index (χ4v) is 4.96. The van der Waals surface area contributed by atoms with Crippen molar-refractivity contribution in [1.29, 1.82) is 0 Å². The van der Waals surface area contributed by atoms with Gasteiger partial charge in [0.25, 0.3) is 0 Å². The highest BCUT2D eigenvalue weighted by molar-refractivity contribution is 6.08. The number of rotatable bonds is 4. The van der Waals surface area contributed by atoms with Gasteiger partial charge in [-0.25, -0.2) is 9.97 Å². The Hall–Kier alpha value is -5.02. The van der Waals surface area contributed by atoms with Crippen molar-refractivity contribution in [3.8, 4) is 45.0 Å². The summed E-state index contributed by atoms with van der Waals surface area (Å²) in [5.41, 5.74) is 9.57. The summed E-state index contributed by atoms with van der Waals surface area (Å²) >= 11 is 0. The van der Waals surface area contributed by atoms with Crippen LogP contribution in [-0.2, 0) is 0 Å². The van der Waals surface area contributed by atoms with Gasteiger partial charge >= 0.3 is 0 Å². The molecule has 5 aromatic carbocycles. The minimum Gasteiger partial charge on any atom is -0.354 e. The third-order valence-electron chi connectivity index (χ3n) is 6.83. The Labute approximate surface area is 215 Å². The summed E-state index contributed by atoms with van der Waals surface area (Å²) in [5.74, 6) is 0.724. The molecule has 0 spiro atoms. The summed E-state index contributed by atoms with van der Waals surface area (Å²) in [7, 11) is 0. The van der Waals surface area contributed by atoms with E-state index in [0.717, 1.165) is 50.5 Å². The van der Waals surface area contributed by atoms with Crippen molar-refractivity contribution < 1.29 is 0 Å². The van der Waals surface area contributed by atoms with E-state index < -0.39 is 0 Å². The van der Waals surface area contributed by atoms with Gasteiger partial charge in [-0.15, -0.1) is 0 Å². The van der Waals surface area contributed by atoms with E-state index in [1.165, 1.54) is 16.3 Å². The van der Waals surface area contributed by atoms with E-state index in [0.29, 0.717) is 0 Å². The van der Waals surface area contributed by atoms with Crippen molar-refractivity contribution in [2.75, 3.05) is 0 Å².